The van der Waals surface area contributed by atoms with Crippen LogP contribution in [0.25, 0.3) is 0 Å². The third-order valence-electron chi connectivity index (χ3n) is 4.88. The van der Waals surface area contributed by atoms with Gasteiger partial charge in [0.25, 0.3) is 0 Å². The Kier molecular flexibility index (Phi) is 5.13. The number of hydrogen-bond donors (Lipinski definition) is 1. The van der Waals surface area contributed by atoms with E-state index < -0.39 is 0 Å². The fraction of sp³-hybridized carbons (Fsp3) is 0.722. The first-order chi connectivity index (χ1) is 10.4. The molecule has 1 aromatic rings. The summed E-state index contributed by atoms with van der Waals surface area (Å²) in [5.74, 6) is 2.33. The van der Waals surface area contributed by atoms with Crippen LogP contribution in [0.4, 0.5) is 0 Å². The van der Waals surface area contributed by atoms with Crippen molar-refractivity contribution >= 4 is 0 Å². The van der Waals surface area contributed by atoms with Gasteiger partial charge in [0.15, 0.2) is 0 Å². The Bertz CT molecular complexity index is 445. The first-order valence-electron chi connectivity index (χ1n) is 8.68. The molecule has 0 saturated heterocycles. The van der Waals surface area contributed by atoms with Crippen molar-refractivity contribution in [2.45, 2.75) is 63.8 Å². The van der Waals surface area contributed by atoms with Crippen LogP contribution in [0, 0.1) is 5.92 Å². The minimum atomic E-state index is 0.645. The van der Waals surface area contributed by atoms with E-state index in [9.17, 15) is 0 Å². The van der Waals surface area contributed by atoms with Crippen molar-refractivity contribution in [2.75, 3.05) is 13.2 Å². The number of nitrogens with one attached hydrogen (secondary N) is 1. The molecule has 3 heteroatoms. The molecule has 0 spiro atoms. The van der Waals surface area contributed by atoms with Crippen LogP contribution in [-0.4, -0.2) is 24.2 Å². The predicted molar refractivity (Wildman–Crippen MR) is 85.7 cm³/mol. The summed E-state index contributed by atoms with van der Waals surface area (Å²) in [6.07, 6.45) is 13.4. The first kappa shape index (κ1) is 14.8. The largest absolute Gasteiger partial charge is 0.492 e. The van der Waals surface area contributed by atoms with Gasteiger partial charge < -0.3 is 10.1 Å². The molecule has 0 bridgehead atoms. The van der Waals surface area contributed by atoms with E-state index in [0.717, 1.165) is 17.7 Å². The zero-order valence-corrected chi connectivity index (χ0v) is 13.2. The molecule has 3 nitrogen and oxygen atoms in total. The van der Waals surface area contributed by atoms with Crippen molar-refractivity contribution in [1.29, 1.82) is 0 Å². The van der Waals surface area contributed by atoms with Gasteiger partial charge in [0, 0.05) is 12.2 Å². The molecule has 3 rings (SSSR count). The quantitative estimate of drug-likeness (QED) is 0.806. The van der Waals surface area contributed by atoms with Gasteiger partial charge in [-0.3, -0.25) is 4.98 Å². The highest BCUT2D eigenvalue weighted by Crippen LogP contribution is 2.37. The van der Waals surface area contributed by atoms with Crippen LogP contribution in [0.1, 0.15) is 63.4 Å². The minimum Gasteiger partial charge on any atom is -0.492 e. The minimum absolute atomic E-state index is 0.645. The highest BCUT2D eigenvalue weighted by molar-refractivity contribution is 5.27. The summed E-state index contributed by atoms with van der Waals surface area (Å²) in [5, 5.41) is 3.74. The second-order valence-corrected chi connectivity index (χ2v) is 6.57. The average Bonchev–Trinajstić information content (AvgIpc) is 3.33. The van der Waals surface area contributed by atoms with Crippen molar-refractivity contribution in [3.63, 3.8) is 0 Å². The van der Waals surface area contributed by atoms with Crippen LogP contribution >= 0.6 is 0 Å². The lowest BCUT2D eigenvalue weighted by atomic mass is 9.83. The zero-order chi connectivity index (χ0) is 14.5. The highest BCUT2D eigenvalue weighted by atomic mass is 16.5. The number of ether oxygens (including phenoxy) is 1. The maximum absolute atomic E-state index is 5.63. The number of nitrogens with zero attached hydrogens (tertiary/aromatic N) is 1. The molecule has 0 amide bonds. The van der Waals surface area contributed by atoms with Crippen LogP contribution in [-0.2, 0) is 0 Å². The van der Waals surface area contributed by atoms with E-state index in [-0.39, 0.29) is 0 Å². The van der Waals surface area contributed by atoms with Crippen molar-refractivity contribution < 1.29 is 4.74 Å². The molecule has 2 atom stereocenters. The zero-order valence-electron chi connectivity index (χ0n) is 13.2. The van der Waals surface area contributed by atoms with Crippen molar-refractivity contribution in [3.8, 4) is 5.75 Å². The fourth-order valence-corrected chi connectivity index (χ4v) is 3.56. The molecule has 2 saturated carbocycles. The third-order valence-corrected chi connectivity index (χ3v) is 4.88. The van der Waals surface area contributed by atoms with E-state index in [1.165, 1.54) is 57.1 Å². The summed E-state index contributed by atoms with van der Waals surface area (Å²) in [6, 6.07) is 3.03. The van der Waals surface area contributed by atoms with E-state index in [2.05, 4.69) is 22.6 Å². The second-order valence-electron chi connectivity index (χ2n) is 6.57. The fourth-order valence-electron chi connectivity index (χ4n) is 3.56. The van der Waals surface area contributed by atoms with Gasteiger partial charge >= 0.3 is 0 Å². The molecule has 2 aliphatic rings. The summed E-state index contributed by atoms with van der Waals surface area (Å²) >= 11 is 0. The number of pyridine rings is 1. The predicted octanol–water partition coefficient (Wildman–Crippen LogP) is 3.90. The Morgan fingerprint density at radius 3 is 2.81 bits per heavy atom. The van der Waals surface area contributed by atoms with E-state index in [4.69, 9.17) is 4.74 Å². The summed E-state index contributed by atoms with van der Waals surface area (Å²) in [4.78, 5) is 4.41. The molecule has 2 unspecified atom stereocenters. The van der Waals surface area contributed by atoms with E-state index in [1.54, 1.807) is 0 Å². The number of hydrogen-bond acceptors (Lipinski definition) is 3. The average molecular weight is 288 g/mol. The summed E-state index contributed by atoms with van der Waals surface area (Å²) in [6.45, 7) is 3.91. The van der Waals surface area contributed by atoms with Gasteiger partial charge in [-0.2, -0.15) is 0 Å². The van der Waals surface area contributed by atoms with Gasteiger partial charge in [-0.15, -0.1) is 0 Å². The lowest BCUT2D eigenvalue weighted by molar-refractivity contribution is 0.335. The molecule has 1 heterocycles. The molecule has 2 aliphatic carbocycles. The Labute approximate surface area is 128 Å². The number of rotatable bonds is 6. The van der Waals surface area contributed by atoms with Gasteiger partial charge in [0.1, 0.15) is 5.75 Å². The Balaban J connectivity index is 1.72. The van der Waals surface area contributed by atoms with Crippen LogP contribution in [0.15, 0.2) is 18.5 Å². The molecule has 1 aromatic heterocycles. The lowest BCUT2D eigenvalue weighted by Gasteiger charge is -2.26. The SMILES string of the molecule is CCOc1cncc(C2CCCCCC2CNC2CC2)c1. The standard InChI is InChI=1S/C18H28N2O/c1-2-21-17-10-15(11-19-13-17)18-7-5-3-4-6-14(18)12-20-16-8-9-16/h10-11,13-14,16,18,20H,2-9,12H2,1H3. The normalized spacial score (nSPS) is 26.3. The highest BCUT2D eigenvalue weighted by Gasteiger charge is 2.28. The lowest BCUT2D eigenvalue weighted by Crippen LogP contribution is -2.28. The topological polar surface area (TPSA) is 34.1 Å². The van der Waals surface area contributed by atoms with Crippen molar-refractivity contribution in [2.24, 2.45) is 5.92 Å². The van der Waals surface area contributed by atoms with Gasteiger partial charge in [0.05, 0.1) is 12.8 Å². The molecule has 21 heavy (non-hydrogen) atoms. The van der Waals surface area contributed by atoms with Crippen LogP contribution < -0.4 is 10.1 Å². The van der Waals surface area contributed by atoms with Crippen molar-refractivity contribution in [1.82, 2.24) is 10.3 Å². The van der Waals surface area contributed by atoms with Crippen LogP contribution in [0.2, 0.25) is 0 Å². The van der Waals surface area contributed by atoms with E-state index >= 15 is 0 Å². The van der Waals surface area contributed by atoms with Crippen LogP contribution in [0.3, 0.4) is 0 Å². The van der Waals surface area contributed by atoms with E-state index in [0.29, 0.717) is 12.5 Å². The molecule has 1 N–H and O–H groups in total. The third kappa shape index (κ3) is 4.19. The molecule has 0 radical (unpaired) electrons. The van der Waals surface area contributed by atoms with Crippen LogP contribution in [0.5, 0.6) is 5.75 Å². The maximum Gasteiger partial charge on any atom is 0.137 e. The molecule has 0 aromatic carbocycles. The molecule has 116 valence electrons. The second kappa shape index (κ2) is 7.26. The Morgan fingerprint density at radius 2 is 2.00 bits per heavy atom. The van der Waals surface area contributed by atoms with E-state index in [1.807, 2.05) is 13.1 Å². The summed E-state index contributed by atoms with van der Waals surface area (Å²) in [7, 11) is 0. The molecule has 0 aliphatic heterocycles. The van der Waals surface area contributed by atoms with Gasteiger partial charge in [-0.25, -0.2) is 0 Å². The Hall–Kier alpha value is -1.09. The summed E-state index contributed by atoms with van der Waals surface area (Å²) < 4.78 is 5.63. The Morgan fingerprint density at radius 1 is 1.14 bits per heavy atom. The van der Waals surface area contributed by atoms with Gasteiger partial charge in [-0.05, 0) is 62.6 Å². The molecule has 2 fully saturated rings. The van der Waals surface area contributed by atoms with Gasteiger partial charge in [-0.1, -0.05) is 19.3 Å². The van der Waals surface area contributed by atoms with Gasteiger partial charge in [0.2, 0.25) is 0 Å². The molecular weight excluding hydrogens is 260 g/mol. The molecular formula is C18H28N2O. The first-order valence-corrected chi connectivity index (χ1v) is 8.68. The monoisotopic (exact) mass is 288 g/mol. The summed E-state index contributed by atoms with van der Waals surface area (Å²) in [5.41, 5.74) is 1.38. The number of aromatic nitrogens is 1. The maximum atomic E-state index is 5.63. The van der Waals surface area contributed by atoms with Crippen molar-refractivity contribution in [3.05, 3.63) is 24.0 Å². The smallest absolute Gasteiger partial charge is 0.137 e.